The summed E-state index contributed by atoms with van der Waals surface area (Å²) >= 11 is 0. The van der Waals surface area contributed by atoms with Crippen LogP contribution in [0.2, 0.25) is 0 Å². The van der Waals surface area contributed by atoms with Gasteiger partial charge in [0.1, 0.15) is 0 Å². The molecule has 1 N–H and O–H groups in total. The fourth-order valence-corrected chi connectivity index (χ4v) is 2.00. The SMILES string of the molecule is Cc1cccc(C(=O)N2CCOC[C@H]2C(=O)O)c1. The predicted molar refractivity (Wildman–Crippen MR) is 64.5 cm³/mol. The van der Waals surface area contributed by atoms with Crippen LogP contribution in [0.5, 0.6) is 0 Å². The normalized spacial score (nSPS) is 19.6. The summed E-state index contributed by atoms with van der Waals surface area (Å²) < 4.78 is 5.11. The third kappa shape index (κ3) is 2.51. The lowest BCUT2D eigenvalue weighted by Gasteiger charge is -2.32. The maximum Gasteiger partial charge on any atom is 0.328 e. The van der Waals surface area contributed by atoms with Crippen molar-refractivity contribution in [3.63, 3.8) is 0 Å². The largest absolute Gasteiger partial charge is 0.480 e. The van der Waals surface area contributed by atoms with E-state index in [4.69, 9.17) is 9.84 Å². The molecule has 0 saturated carbocycles. The van der Waals surface area contributed by atoms with Gasteiger partial charge in [0.15, 0.2) is 6.04 Å². The van der Waals surface area contributed by atoms with Crippen LogP contribution in [0.25, 0.3) is 0 Å². The molecule has 1 aliphatic heterocycles. The molecule has 0 aromatic heterocycles. The number of ether oxygens (including phenoxy) is 1. The minimum Gasteiger partial charge on any atom is -0.480 e. The van der Waals surface area contributed by atoms with E-state index in [1.807, 2.05) is 13.0 Å². The zero-order valence-electron chi connectivity index (χ0n) is 10.1. The Morgan fingerprint density at radius 2 is 2.22 bits per heavy atom. The Balaban J connectivity index is 2.23. The highest BCUT2D eigenvalue weighted by atomic mass is 16.5. The first kappa shape index (κ1) is 12.6. The molecule has 0 aliphatic carbocycles. The average Bonchev–Trinajstić information content (AvgIpc) is 2.38. The van der Waals surface area contributed by atoms with Crippen molar-refractivity contribution in [3.8, 4) is 0 Å². The summed E-state index contributed by atoms with van der Waals surface area (Å²) in [7, 11) is 0. The summed E-state index contributed by atoms with van der Waals surface area (Å²) in [5.41, 5.74) is 1.49. The number of amides is 1. The number of rotatable bonds is 2. The number of nitrogens with zero attached hydrogens (tertiary/aromatic N) is 1. The molecule has 0 radical (unpaired) electrons. The van der Waals surface area contributed by atoms with Crippen LogP contribution >= 0.6 is 0 Å². The first-order chi connectivity index (χ1) is 8.59. The third-order valence-corrected chi connectivity index (χ3v) is 2.94. The topological polar surface area (TPSA) is 66.8 Å². The molecule has 0 bridgehead atoms. The molecular formula is C13H15NO4. The van der Waals surface area contributed by atoms with Gasteiger partial charge in [-0.3, -0.25) is 4.79 Å². The van der Waals surface area contributed by atoms with Crippen LogP contribution in [0, 0.1) is 6.92 Å². The van der Waals surface area contributed by atoms with Crippen molar-refractivity contribution in [2.75, 3.05) is 19.8 Å². The maximum atomic E-state index is 12.3. The van der Waals surface area contributed by atoms with Crippen LogP contribution in [0.15, 0.2) is 24.3 Å². The molecule has 1 heterocycles. The Hall–Kier alpha value is -1.88. The van der Waals surface area contributed by atoms with Crippen molar-refractivity contribution in [2.45, 2.75) is 13.0 Å². The van der Waals surface area contributed by atoms with Crippen LogP contribution < -0.4 is 0 Å². The monoisotopic (exact) mass is 249 g/mol. The number of morpholine rings is 1. The van der Waals surface area contributed by atoms with Crippen LogP contribution in [0.4, 0.5) is 0 Å². The second-order valence-electron chi connectivity index (χ2n) is 4.30. The molecule has 0 spiro atoms. The summed E-state index contributed by atoms with van der Waals surface area (Å²) in [6.07, 6.45) is 0. The summed E-state index contributed by atoms with van der Waals surface area (Å²) in [6, 6.07) is 6.25. The van der Waals surface area contributed by atoms with E-state index in [1.165, 1.54) is 4.90 Å². The number of carbonyl (C=O) groups excluding carboxylic acids is 1. The number of carboxylic acid groups (broad SMARTS) is 1. The molecule has 1 atom stereocenters. The van der Waals surface area contributed by atoms with Crippen LogP contribution in [-0.4, -0.2) is 47.7 Å². The van der Waals surface area contributed by atoms with Crippen LogP contribution in [0.3, 0.4) is 0 Å². The Kier molecular flexibility index (Phi) is 3.62. The number of carboxylic acids is 1. The van der Waals surface area contributed by atoms with Crippen LogP contribution in [-0.2, 0) is 9.53 Å². The van der Waals surface area contributed by atoms with E-state index in [9.17, 15) is 9.59 Å². The summed E-state index contributed by atoms with van der Waals surface area (Å²) in [5.74, 6) is -1.29. The molecule has 1 aromatic carbocycles. The second-order valence-corrected chi connectivity index (χ2v) is 4.30. The first-order valence-electron chi connectivity index (χ1n) is 5.78. The Labute approximate surface area is 105 Å². The van der Waals surface area contributed by atoms with Gasteiger partial charge in [-0.15, -0.1) is 0 Å². The minimum absolute atomic E-state index is 0.0485. The van der Waals surface area contributed by atoms with Crippen molar-refractivity contribution < 1.29 is 19.4 Å². The highest BCUT2D eigenvalue weighted by Crippen LogP contribution is 2.14. The van der Waals surface area contributed by atoms with E-state index in [-0.39, 0.29) is 12.5 Å². The molecule has 5 heteroatoms. The van der Waals surface area contributed by atoms with Gasteiger partial charge in [0, 0.05) is 12.1 Å². The van der Waals surface area contributed by atoms with Gasteiger partial charge in [-0.25, -0.2) is 4.79 Å². The quantitative estimate of drug-likeness (QED) is 0.846. The van der Waals surface area contributed by atoms with E-state index in [2.05, 4.69) is 0 Å². The molecule has 96 valence electrons. The fraction of sp³-hybridized carbons (Fsp3) is 0.385. The molecule has 5 nitrogen and oxygen atoms in total. The van der Waals surface area contributed by atoms with Crippen molar-refractivity contribution in [1.29, 1.82) is 0 Å². The molecular weight excluding hydrogens is 234 g/mol. The number of hydrogen-bond acceptors (Lipinski definition) is 3. The molecule has 1 fully saturated rings. The minimum atomic E-state index is -1.03. The zero-order chi connectivity index (χ0) is 13.1. The van der Waals surface area contributed by atoms with Gasteiger partial charge < -0.3 is 14.7 Å². The standard InChI is InChI=1S/C13H15NO4/c1-9-3-2-4-10(7-9)12(15)14-5-6-18-8-11(14)13(16)17/h2-4,7,11H,5-6,8H2,1H3,(H,16,17)/t11-/m0/s1. The average molecular weight is 249 g/mol. The van der Waals surface area contributed by atoms with Gasteiger partial charge in [0.2, 0.25) is 0 Å². The first-order valence-corrected chi connectivity index (χ1v) is 5.78. The molecule has 1 saturated heterocycles. The number of aliphatic carboxylic acids is 1. The van der Waals surface area contributed by atoms with E-state index in [1.54, 1.807) is 18.2 Å². The smallest absolute Gasteiger partial charge is 0.328 e. The highest BCUT2D eigenvalue weighted by molar-refractivity contribution is 5.96. The number of carbonyl (C=O) groups is 2. The summed E-state index contributed by atoms with van der Waals surface area (Å²) in [5, 5.41) is 9.09. The lowest BCUT2D eigenvalue weighted by Crippen LogP contribution is -2.52. The van der Waals surface area contributed by atoms with Gasteiger partial charge >= 0.3 is 5.97 Å². The Morgan fingerprint density at radius 3 is 2.89 bits per heavy atom. The van der Waals surface area contributed by atoms with Crippen molar-refractivity contribution in [2.24, 2.45) is 0 Å². The zero-order valence-corrected chi connectivity index (χ0v) is 10.1. The van der Waals surface area contributed by atoms with Crippen LogP contribution in [0.1, 0.15) is 15.9 Å². The van der Waals surface area contributed by atoms with Gasteiger partial charge in [-0.1, -0.05) is 17.7 Å². The van der Waals surface area contributed by atoms with E-state index in [0.717, 1.165) is 5.56 Å². The van der Waals surface area contributed by atoms with Crippen molar-refractivity contribution in [1.82, 2.24) is 4.90 Å². The maximum absolute atomic E-state index is 12.3. The summed E-state index contributed by atoms with van der Waals surface area (Å²) in [6.45, 7) is 2.63. The van der Waals surface area contributed by atoms with Gasteiger partial charge in [0.25, 0.3) is 5.91 Å². The highest BCUT2D eigenvalue weighted by Gasteiger charge is 2.33. The lowest BCUT2D eigenvalue weighted by atomic mass is 10.1. The molecule has 1 aliphatic rings. The third-order valence-electron chi connectivity index (χ3n) is 2.94. The lowest BCUT2D eigenvalue weighted by molar-refractivity contribution is -0.147. The van der Waals surface area contributed by atoms with Crippen molar-refractivity contribution >= 4 is 11.9 Å². The number of aryl methyl sites for hydroxylation is 1. The second kappa shape index (κ2) is 5.18. The Bertz CT molecular complexity index is 472. The molecule has 1 aromatic rings. The fourth-order valence-electron chi connectivity index (χ4n) is 2.00. The summed E-state index contributed by atoms with van der Waals surface area (Å²) in [4.78, 5) is 24.7. The Morgan fingerprint density at radius 1 is 1.44 bits per heavy atom. The molecule has 2 rings (SSSR count). The molecule has 18 heavy (non-hydrogen) atoms. The number of hydrogen-bond donors (Lipinski definition) is 1. The van der Waals surface area contributed by atoms with E-state index in [0.29, 0.717) is 18.7 Å². The molecule has 0 unspecified atom stereocenters. The van der Waals surface area contributed by atoms with Gasteiger partial charge in [0.05, 0.1) is 13.2 Å². The van der Waals surface area contributed by atoms with Crippen molar-refractivity contribution in [3.05, 3.63) is 35.4 Å². The molecule has 1 amide bonds. The van der Waals surface area contributed by atoms with E-state index < -0.39 is 12.0 Å². The van der Waals surface area contributed by atoms with Gasteiger partial charge in [-0.2, -0.15) is 0 Å². The predicted octanol–water partition coefficient (Wildman–Crippen LogP) is 0.921. The van der Waals surface area contributed by atoms with Gasteiger partial charge in [-0.05, 0) is 19.1 Å². The van der Waals surface area contributed by atoms with E-state index >= 15 is 0 Å². The number of benzene rings is 1.